The summed E-state index contributed by atoms with van der Waals surface area (Å²) in [6, 6.07) is 16.5. The lowest BCUT2D eigenvalue weighted by Crippen LogP contribution is -2.39. The van der Waals surface area contributed by atoms with Crippen molar-refractivity contribution in [3.05, 3.63) is 65.2 Å². The number of nitrogens with zero attached hydrogens (tertiary/aromatic N) is 2. The van der Waals surface area contributed by atoms with Gasteiger partial charge in [-0.15, -0.1) is 12.4 Å². The van der Waals surface area contributed by atoms with E-state index in [1.807, 2.05) is 24.3 Å². The maximum absolute atomic E-state index is 13.1. The third-order valence-electron chi connectivity index (χ3n) is 6.86. The standard InChI is InChI=1S/C26H37ClN2O2S.ClH/c1-26(2,3)23-14-17-29(18-15-23)16-13-22(21-9-8-10-24(27)19-21)20-28(4)32(30,31)25-11-6-5-7-12-25;/h5-12,19,22-23H,13-18,20H2,1-4H3;1H. The van der Waals surface area contributed by atoms with E-state index in [-0.39, 0.29) is 18.3 Å². The van der Waals surface area contributed by atoms with Gasteiger partial charge in [-0.1, -0.05) is 62.7 Å². The summed E-state index contributed by atoms with van der Waals surface area (Å²) in [6.07, 6.45) is 3.36. The highest BCUT2D eigenvalue weighted by molar-refractivity contribution is 7.89. The Labute approximate surface area is 211 Å². The second kappa shape index (κ2) is 12.0. The van der Waals surface area contributed by atoms with Crippen LogP contribution in [0.15, 0.2) is 59.5 Å². The van der Waals surface area contributed by atoms with Crippen molar-refractivity contribution in [2.75, 3.05) is 33.2 Å². The fraction of sp³-hybridized carbons (Fsp3) is 0.538. The molecule has 0 aliphatic carbocycles. The summed E-state index contributed by atoms with van der Waals surface area (Å²) in [6.45, 7) is 10.6. The first kappa shape index (κ1) is 28.1. The van der Waals surface area contributed by atoms with Crippen LogP contribution in [0.1, 0.15) is 51.5 Å². The molecule has 1 atom stereocenters. The molecule has 3 rings (SSSR count). The fourth-order valence-corrected chi connectivity index (χ4v) is 6.10. The molecule has 1 unspecified atom stereocenters. The van der Waals surface area contributed by atoms with E-state index < -0.39 is 10.0 Å². The lowest BCUT2D eigenvalue weighted by Gasteiger charge is -2.39. The zero-order chi connectivity index (χ0) is 23.4. The minimum Gasteiger partial charge on any atom is -0.303 e. The summed E-state index contributed by atoms with van der Waals surface area (Å²) in [5.41, 5.74) is 1.46. The summed E-state index contributed by atoms with van der Waals surface area (Å²) < 4.78 is 27.7. The van der Waals surface area contributed by atoms with Gasteiger partial charge in [0.05, 0.1) is 4.90 Å². The Kier molecular flexibility index (Phi) is 10.3. The molecule has 0 N–H and O–H groups in total. The van der Waals surface area contributed by atoms with E-state index in [0.29, 0.717) is 21.9 Å². The molecule has 0 radical (unpaired) electrons. The van der Waals surface area contributed by atoms with Gasteiger partial charge in [-0.05, 0) is 86.0 Å². The number of likely N-dealkylation sites (tertiary alicyclic amines) is 1. The summed E-state index contributed by atoms with van der Waals surface area (Å²) in [5, 5.41) is 0.687. The van der Waals surface area contributed by atoms with Crippen LogP contribution in [0.5, 0.6) is 0 Å². The van der Waals surface area contributed by atoms with Crippen LogP contribution in [0, 0.1) is 11.3 Å². The first-order chi connectivity index (χ1) is 15.1. The number of hydrogen-bond donors (Lipinski definition) is 0. The average Bonchev–Trinajstić information content (AvgIpc) is 2.76. The first-order valence-electron chi connectivity index (χ1n) is 11.6. The monoisotopic (exact) mass is 512 g/mol. The smallest absolute Gasteiger partial charge is 0.242 e. The van der Waals surface area contributed by atoms with Crippen molar-refractivity contribution in [1.82, 2.24) is 9.21 Å². The quantitative estimate of drug-likeness (QED) is 0.415. The maximum Gasteiger partial charge on any atom is 0.242 e. The molecule has 1 aliphatic rings. The average molecular weight is 514 g/mol. The molecule has 0 saturated carbocycles. The Morgan fingerprint density at radius 2 is 1.70 bits per heavy atom. The van der Waals surface area contributed by atoms with Gasteiger partial charge < -0.3 is 4.90 Å². The highest BCUT2D eigenvalue weighted by Gasteiger charge is 2.29. The minimum absolute atomic E-state index is 0. The number of hydrogen-bond acceptors (Lipinski definition) is 3. The van der Waals surface area contributed by atoms with Gasteiger partial charge >= 0.3 is 0 Å². The second-order valence-electron chi connectivity index (χ2n) is 10.1. The van der Waals surface area contributed by atoms with E-state index in [9.17, 15) is 8.42 Å². The molecule has 1 heterocycles. The summed E-state index contributed by atoms with van der Waals surface area (Å²) in [5.74, 6) is 0.849. The number of sulfonamides is 1. The highest BCUT2D eigenvalue weighted by Crippen LogP contribution is 2.35. The molecule has 184 valence electrons. The molecular formula is C26H38Cl2N2O2S. The van der Waals surface area contributed by atoms with Gasteiger partial charge in [0.2, 0.25) is 10.0 Å². The van der Waals surface area contributed by atoms with Crippen LogP contribution in [0.2, 0.25) is 5.02 Å². The van der Waals surface area contributed by atoms with Gasteiger partial charge in [-0.3, -0.25) is 0 Å². The number of benzene rings is 2. The van der Waals surface area contributed by atoms with Crippen LogP contribution in [0.25, 0.3) is 0 Å². The Balaban J connectivity index is 0.00000385. The Bertz CT molecular complexity index is 969. The van der Waals surface area contributed by atoms with E-state index in [2.05, 4.69) is 31.7 Å². The Morgan fingerprint density at radius 3 is 2.27 bits per heavy atom. The van der Waals surface area contributed by atoms with E-state index in [1.54, 1.807) is 31.3 Å². The van der Waals surface area contributed by atoms with Crippen molar-refractivity contribution in [3.63, 3.8) is 0 Å². The van der Waals surface area contributed by atoms with Crippen molar-refractivity contribution in [2.45, 2.75) is 50.8 Å². The molecule has 0 spiro atoms. The molecule has 0 amide bonds. The van der Waals surface area contributed by atoms with E-state index >= 15 is 0 Å². The molecule has 2 aromatic rings. The molecule has 2 aromatic carbocycles. The first-order valence-corrected chi connectivity index (χ1v) is 13.4. The third kappa shape index (κ3) is 7.69. The van der Waals surface area contributed by atoms with Crippen LogP contribution >= 0.6 is 24.0 Å². The molecule has 1 saturated heterocycles. The van der Waals surface area contributed by atoms with Crippen molar-refractivity contribution >= 4 is 34.0 Å². The molecular weight excluding hydrogens is 475 g/mol. The molecule has 7 heteroatoms. The normalized spacial score (nSPS) is 17.0. The summed E-state index contributed by atoms with van der Waals surface area (Å²) in [7, 11) is -1.86. The van der Waals surface area contributed by atoms with Gasteiger partial charge in [0.25, 0.3) is 0 Å². The fourth-order valence-electron chi connectivity index (χ4n) is 4.67. The van der Waals surface area contributed by atoms with Crippen LogP contribution in [-0.4, -0.2) is 50.8 Å². The van der Waals surface area contributed by atoms with Gasteiger partial charge in [0.1, 0.15) is 0 Å². The highest BCUT2D eigenvalue weighted by atomic mass is 35.5. The van der Waals surface area contributed by atoms with Crippen LogP contribution in [0.4, 0.5) is 0 Å². The summed E-state index contributed by atoms with van der Waals surface area (Å²) >= 11 is 6.28. The van der Waals surface area contributed by atoms with Gasteiger partial charge in [0.15, 0.2) is 0 Å². The zero-order valence-corrected chi connectivity index (χ0v) is 22.6. The van der Waals surface area contributed by atoms with E-state index in [0.717, 1.165) is 37.5 Å². The van der Waals surface area contributed by atoms with Crippen LogP contribution < -0.4 is 0 Å². The second-order valence-corrected chi connectivity index (χ2v) is 12.6. The van der Waals surface area contributed by atoms with E-state index in [1.165, 1.54) is 17.1 Å². The van der Waals surface area contributed by atoms with Crippen molar-refractivity contribution < 1.29 is 8.42 Å². The minimum atomic E-state index is -3.53. The zero-order valence-electron chi connectivity index (χ0n) is 20.2. The molecule has 0 bridgehead atoms. The number of piperidine rings is 1. The molecule has 4 nitrogen and oxygen atoms in total. The van der Waals surface area contributed by atoms with Crippen LogP contribution in [-0.2, 0) is 10.0 Å². The van der Waals surface area contributed by atoms with Crippen molar-refractivity contribution in [3.8, 4) is 0 Å². The van der Waals surface area contributed by atoms with Crippen LogP contribution in [0.3, 0.4) is 0 Å². The largest absolute Gasteiger partial charge is 0.303 e. The predicted molar refractivity (Wildman–Crippen MR) is 141 cm³/mol. The SMILES string of the molecule is CN(CC(CCN1CCC(C(C)(C)C)CC1)c1cccc(Cl)c1)S(=O)(=O)c1ccccc1.Cl. The van der Waals surface area contributed by atoms with Crippen molar-refractivity contribution in [1.29, 1.82) is 0 Å². The van der Waals surface area contributed by atoms with E-state index in [4.69, 9.17) is 11.6 Å². The van der Waals surface area contributed by atoms with Crippen molar-refractivity contribution in [2.24, 2.45) is 11.3 Å². The Hall–Kier alpha value is -1.11. The number of rotatable bonds is 8. The summed E-state index contributed by atoms with van der Waals surface area (Å²) in [4.78, 5) is 2.86. The lowest BCUT2D eigenvalue weighted by atomic mass is 9.75. The lowest BCUT2D eigenvalue weighted by molar-refractivity contribution is 0.110. The Morgan fingerprint density at radius 1 is 1.06 bits per heavy atom. The predicted octanol–water partition coefficient (Wildman–Crippen LogP) is 6.31. The third-order valence-corrected chi connectivity index (χ3v) is 8.93. The van der Waals surface area contributed by atoms with Gasteiger partial charge in [0, 0.05) is 18.6 Å². The number of halogens is 2. The molecule has 1 aliphatic heterocycles. The topological polar surface area (TPSA) is 40.6 Å². The number of likely N-dealkylation sites (N-methyl/N-ethyl adjacent to an activating group) is 1. The molecule has 0 aromatic heterocycles. The van der Waals surface area contributed by atoms with Gasteiger partial charge in [-0.2, -0.15) is 0 Å². The maximum atomic E-state index is 13.1. The van der Waals surface area contributed by atoms with Gasteiger partial charge in [-0.25, -0.2) is 12.7 Å². The molecule has 1 fully saturated rings. The molecule has 33 heavy (non-hydrogen) atoms.